The highest BCUT2D eigenvalue weighted by Gasteiger charge is 2.79. The summed E-state index contributed by atoms with van der Waals surface area (Å²) < 4.78 is 57.4. The molecule has 0 N–H and O–H groups in total. The van der Waals surface area contributed by atoms with Crippen molar-refractivity contribution in [1.82, 2.24) is 0 Å². The minimum absolute atomic E-state index is 0.0408. The van der Waals surface area contributed by atoms with E-state index < -0.39 is 34.6 Å². The van der Waals surface area contributed by atoms with Crippen LogP contribution in [0.5, 0.6) is 0 Å². The van der Waals surface area contributed by atoms with Gasteiger partial charge < -0.3 is 14.4 Å². The maximum absolute atomic E-state index is 16.5. The van der Waals surface area contributed by atoms with Gasteiger partial charge in [-0.05, 0) is 326 Å². The second kappa shape index (κ2) is 7.62. The molecule has 0 atom stereocenters. The van der Waals surface area contributed by atoms with Crippen LogP contribution >= 0.6 is 0 Å². The third kappa shape index (κ3) is 1.88. The molecule has 5 nitrogen and oxygen atoms in total. The Labute approximate surface area is 438 Å². The van der Waals surface area contributed by atoms with Crippen LogP contribution in [0.1, 0.15) is 27.8 Å². The van der Waals surface area contributed by atoms with Crippen LogP contribution in [-0.4, -0.2) is 26.2 Å². The van der Waals surface area contributed by atoms with Gasteiger partial charge in [-0.2, -0.15) is 13.2 Å². The van der Waals surface area contributed by atoms with Gasteiger partial charge in [-0.15, -0.1) is 0 Å². The Kier molecular flexibility index (Phi) is 3.08. The van der Waals surface area contributed by atoms with E-state index in [0.717, 1.165) is 34.4 Å². The zero-order valence-corrected chi connectivity index (χ0v) is 41.0. The van der Waals surface area contributed by atoms with Gasteiger partial charge in [0.1, 0.15) is 11.2 Å². The molecule has 34 rings (SSSR count). The van der Waals surface area contributed by atoms with Crippen LogP contribution in [0.15, 0.2) is 35.5 Å². The molecule has 0 fully saturated rings. The first-order chi connectivity index (χ1) is 39.8. The summed E-state index contributed by atoms with van der Waals surface area (Å²) in [5, 5.41) is 73.8. The summed E-state index contributed by atoms with van der Waals surface area (Å²) in [6, 6.07) is 5.45. The largest absolute Gasteiger partial charge is 0.466 e. The standard InChI is InChI=1S/C73H10F3NO4/c1-80-69(78)67-68(70(79)81-2)77(8-5-3-7(4-6-8)73(74,75)76)72-65-59-53-43-31-23-15-11-9-10-13-17(15)25(31)35-29-21(13)22-14(10)18-16-12(9)20-19(11)27-33(23)41-47-37(27)38-28(20)34-24(16)32-26(18)36-30(22)40-39(29)51(45(35)53)61(65)62-52(40)46(36)54-44(32)50-42(34)48(38)56-55(47)63(57(59)49(41)43)71(67,72)64(56)58(50)60(54)66(62)72/h3-6H,1-2H3. The first-order valence-electron chi connectivity index (χ1n) is 28.4. The van der Waals surface area contributed by atoms with Gasteiger partial charge in [-0.25, -0.2) is 9.59 Å². The number of benzene rings is 19. The molecule has 0 bridgehead atoms. The number of nitrogens with zero attached hydrogens (tertiary/aromatic N) is 1. The molecule has 2 spiro atoms. The van der Waals surface area contributed by atoms with E-state index in [4.69, 9.17) is 9.47 Å². The number of alkyl halides is 3. The van der Waals surface area contributed by atoms with Gasteiger partial charge in [0.15, 0.2) is 0 Å². The summed E-state index contributed by atoms with van der Waals surface area (Å²) in [7, 11) is 2.81. The van der Waals surface area contributed by atoms with Crippen LogP contribution in [0.2, 0.25) is 0 Å². The van der Waals surface area contributed by atoms with E-state index in [9.17, 15) is 0 Å². The van der Waals surface area contributed by atoms with Gasteiger partial charge in [-0.3, -0.25) is 0 Å². The fourth-order valence-electron chi connectivity index (χ4n) is 26.3. The normalized spacial score (nSPS) is 21.3. The van der Waals surface area contributed by atoms with Crippen molar-refractivity contribution in [2.45, 2.75) is 17.1 Å². The van der Waals surface area contributed by atoms with Crippen molar-refractivity contribution in [2.24, 2.45) is 0 Å². The van der Waals surface area contributed by atoms with Crippen LogP contribution in [0.25, 0.3) is 291 Å². The minimum Gasteiger partial charge on any atom is -0.466 e. The maximum atomic E-state index is 16.5. The predicted molar refractivity (Wildman–Crippen MR) is 319 cm³/mol. The zero-order chi connectivity index (χ0) is 50.3. The van der Waals surface area contributed by atoms with Crippen molar-refractivity contribution in [3.63, 3.8) is 0 Å². The molecule has 1 heterocycles. The molecule has 4 aliphatic carbocycles. The quantitative estimate of drug-likeness (QED) is 0.130. The number of ether oxygens (including phenoxy) is 2. The topological polar surface area (TPSA) is 55.8 Å². The lowest BCUT2D eigenvalue weighted by atomic mass is 9.51. The number of halogens is 3. The Morgan fingerprint density at radius 1 is 0.321 bits per heavy atom. The second-order valence-electron chi connectivity index (χ2n) is 27.3. The number of rotatable bonds is 3. The lowest BCUT2D eigenvalue weighted by Crippen LogP contribution is -2.58. The van der Waals surface area contributed by atoms with E-state index in [1.807, 2.05) is 0 Å². The molecular weight excluding hydrogens is 1010 g/mol. The van der Waals surface area contributed by atoms with Crippen molar-refractivity contribution in [2.75, 3.05) is 19.1 Å². The summed E-state index contributed by atoms with van der Waals surface area (Å²) in [5.41, 5.74) is 1.36. The molecule has 29 aromatic rings. The van der Waals surface area contributed by atoms with Crippen LogP contribution < -0.4 is 4.90 Å². The number of hydrogen-bond donors (Lipinski definition) is 0. The smallest absolute Gasteiger partial charge is 0.416 e. The van der Waals surface area contributed by atoms with Gasteiger partial charge in [0, 0.05) is 16.8 Å². The highest BCUT2D eigenvalue weighted by molar-refractivity contribution is 6.82. The third-order valence-corrected chi connectivity index (χ3v) is 26.7. The van der Waals surface area contributed by atoms with Gasteiger partial charge in [0.05, 0.1) is 30.8 Å². The average Bonchev–Trinajstić information content (AvgIpc) is 1.43. The van der Waals surface area contributed by atoms with E-state index >= 15 is 22.8 Å². The highest BCUT2D eigenvalue weighted by atomic mass is 19.4. The molecule has 81 heavy (non-hydrogen) atoms. The first kappa shape index (κ1) is 32.8. The summed E-state index contributed by atoms with van der Waals surface area (Å²) in [4.78, 5) is 34.6. The van der Waals surface area contributed by atoms with Crippen LogP contribution in [-0.2, 0) is 36.2 Å². The number of methoxy groups -OCH3 is 2. The summed E-state index contributed by atoms with van der Waals surface area (Å²) in [6.45, 7) is 0. The second-order valence-corrected chi connectivity index (χ2v) is 27.3. The van der Waals surface area contributed by atoms with Crippen molar-refractivity contribution in [3.05, 3.63) is 63.4 Å². The monoisotopic (exact) mass is 1020 g/mol. The fourth-order valence-corrected chi connectivity index (χ4v) is 26.3. The predicted octanol–water partition coefficient (Wildman–Crippen LogP) is 18.4. The van der Waals surface area contributed by atoms with E-state index in [0.29, 0.717) is 5.69 Å². The minimum atomic E-state index is -4.62. The molecule has 0 amide bonds. The lowest BCUT2D eigenvalue weighted by molar-refractivity contribution is -0.139. The number of esters is 2. The molecule has 0 unspecified atom stereocenters. The SMILES string of the molecule is COC(=O)C1=C(C(=O)OC)C23c4c5c6c7c8c9c(c%10c%11c2c2c4c4c%12c5c5c6c6c8c8c%13c9c9c%10c%10c%11c%11c2c2c4c4c%12c%12c5c5c6c8c6c8c%13c9c9c%10c%10c%11c2c2c4c4c%12c5c6c5c8c9c%10c2c45)C73N1c1ccc(C(F)(F)F)cc1. The van der Waals surface area contributed by atoms with Crippen molar-refractivity contribution in [1.29, 1.82) is 0 Å². The van der Waals surface area contributed by atoms with Crippen LogP contribution in [0, 0.1) is 0 Å². The van der Waals surface area contributed by atoms with Crippen LogP contribution in [0.4, 0.5) is 18.9 Å². The number of hydrogen-bond acceptors (Lipinski definition) is 5. The molecular formula is C73H10F3NO4. The Balaban J connectivity index is 1.08. The van der Waals surface area contributed by atoms with Crippen molar-refractivity contribution in [3.8, 4) is 0 Å². The zero-order valence-electron chi connectivity index (χ0n) is 41.0. The molecule has 0 radical (unpaired) electrons. The summed E-state index contributed by atoms with van der Waals surface area (Å²) in [5.74, 6) is -1.34. The van der Waals surface area contributed by atoms with Crippen molar-refractivity contribution >= 4 is 308 Å². The number of carbonyl (C=O) groups is 2. The molecule has 29 aromatic carbocycles. The summed E-state index contributed by atoms with van der Waals surface area (Å²) >= 11 is 0. The number of carbonyl (C=O) groups excluding carboxylic acids is 2. The van der Waals surface area contributed by atoms with Gasteiger partial charge >= 0.3 is 18.1 Å². The molecule has 0 saturated heterocycles. The first-order valence-corrected chi connectivity index (χ1v) is 28.4. The molecule has 1 aliphatic heterocycles. The fraction of sp³-hybridized carbons (Fsp3) is 0.0685. The van der Waals surface area contributed by atoms with E-state index in [-0.39, 0.29) is 11.3 Å². The van der Waals surface area contributed by atoms with E-state index in [2.05, 4.69) is 4.90 Å². The van der Waals surface area contributed by atoms with Crippen molar-refractivity contribution < 1.29 is 32.2 Å². The van der Waals surface area contributed by atoms with E-state index in [1.54, 1.807) is 12.1 Å². The van der Waals surface area contributed by atoms with Gasteiger partial charge in [-0.1, -0.05) is 0 Å². The van der Waals surface area contributed by atoms with Gasteiger partial charge in [0.25, 0.3) is 0 Å². The Morgan fingerprint density at radius 2 is 0.531 bits per heavy atom. The number of anilines is 1. The Hall–Kier alpha value is -10.1. The molecule has 8 heteroatoms. The molecule has 5 aliphatic rings. The highest BCUT2D eigenvalue weighted by Crippen LogP contribution is 2.87. The Morgan fingerprint density at radius 3 is 0.741 bits per heavy atom. The average molecular weight is 1020 g/mol. The molecule has 352 valence electrons. The summed E-state index contributed by atoms with van der Waals surface area (Å²) in [6.07, 6.45) is -4.62. The van der Waals surface area contributed by atoms with Crippen LogP contribution in [0.3, 0.4) is 0 Å². The van der Waals surface area contributed by atoms with E-state index in [1.165, 1.54) is 305 Å². The third-order valence-electron chi connectivity index (χ3n) is 26.7. The maximum Gasteiger partial charge on any atom is 0.416 e. The van der Waals surface area contributed by atoms with Gasteiger partial charge in [0.2, 0.25) is 0 Å². The Bertz CT molecular complexity index is 7800. The molecule has 0 saturated carbocycles. The molecule has 0 aromatic heterocycles. The lowest BCUT2D eigenvalue weighted by Gasteiger charge is -2.54.